The van der Waals surface area contributed by atoms with Gasteiger partial charge in [-0.15, -0.1) is 0 Å². The number of hydrogen-bond acceptors (Lipinski definition) is 3. The first kappa shape index (κ1) is 12.8. The Labute approximate surface area is 116 Å². The molecule has 0 aliphatic carbocycles. The second-order valence-electron chi connectivity index (χ2n) is 5.00. The first-order chi connectivity index (χ1) is 9.66. The molecule has 1 atom stereocenters. The first-order valence-corrected chi connectivity index (χ1v) is 6.65. The highest BCUT2D eigenvalue weighted by Crippen LogP contribution is 2.33. The van der Waals surface area contributed by atoms with E-state index < -0.39 is 5.82 Å². The quantitative estimate of drug-likeness (QED) is 0.845. The van der Waals surface area contributed by atoms with Gasteiger partial charge in [0, 0.05) is 12.6 Å². The van der Waals surface area contributed by atoms with Gasteiger partial charge in [-0.2, -0.15) is 0 Å². The highest BCUT2D eigenvalue weighted by Gasteiger charge is 2.33. The summed E-state index contributed by atoms with van der Waals surface area (Å²) in [6.07, 6.45) is 1.71. The maximum atomic E-state index is 13.7. The number of rotatable bonds is 2. The number of carbonyl (C=O) groups excluding carboxylic acids is 1. The fourth-order valence-electron chi connectivity index (χ4n) is 2.65. The fourth-order valence-corrected chi connectivity index (χ4v) is 2.65. The van der Waals surface area contributed by atoms with E-state index in [-0.39, 0.29) is 17.5 Å². The van der Waals surface area contributed by atoms with Gasteiger partial charge < -0.3 is 9.42 Å². The lowest BCUT2D eigenvalue weighted by atomic mass is 10.1. The molecule has 20 heavy (non-hydrogen) atoms. The Morgan fingerprint density at radius 2 is 2.25 bits per heavy atom. The highest BCUT2D eigenvalue weighted by atomic mass is 19.1. The molecule has 1 aromatic carbocycles. The third-order valence-corrected chi connectivity index (χ3v) is 3.61. The van der Waals surface area contributed by atoms with Gasteiger partial charge in [0.2, 0.25) is 0 Å². The van der Waals surface area contributed by atoms with Crippen molar-refractivity contribution in [2.75, 3.05) is 6.54 Å². The van der Waals surface area contributed by atoms with E-state index in [1.807, 2.05) is 13.0 Å². The van der Waals surface area contributed by atoms with Crippen LogP contribution in [0.4, 0.5) is 4.39 Å². The lowest BCUT2D eigenvalue weighted by molar-refractivity contribution is 0.0726. The molecule has 1 aliphatic heterocycles. The van der Waals surface area contributed by atoms with E-state index in [4.69, 9.17) is 4.52 Å². The van der Waals surface area contributed by atoms with E-state index in [0.717, 1.165) is 18.5 Å². The molecule has 2 aromatic rings. The predicted molar refractivity (Wildman–Crippen MR) is 70.7 cm³/mol. The van der Waals surface area contributed by atoms with Crippen LogP contribution in [0.1, 0.15) is 40.7 Å². The first-order valence-electron chi connectivity index (χ1n) is 6.65. The molecule has 104 valence electrons. The lowest BCUT2D eigenvalue weighted by Gasteiger charge is -2.23. The van der Waals surface area contributed by atoms with E-state index in [9.17, 15) is 9.18 Å². The summed E-state index contributed by atoms with van der Waals surface area (Å²) in [5.74, 6) is -0.0593. The van der Waals surface area contributed by atoms with Crippen LogP contribution in [0.3, 0.4) is 0 Å². The Hall–Kier alpha value is -2.17. The molecule has 0 radical (unpaired) electrons. The van der Waals surface area contributed by atoms with E-state index in [1.54, 1.807) is 17.0 Å². The maximum absolute atomic E-state index is 13.7. The standard InChI is InChI=1S/C15H15FN2O2/c1-10-9-13(17-20-10)14-7-4-8-18(14)15(19)11-5-2-3-6-12(11)16/h2-3,5-6,9,14H,4,7-8H2,1H3/t14-/m1/s1. The molecule has 1 aromatic heterocycles. The molecule has 0 bridgehead atoms. The van der Waals surface area contributed by atoms with E-state index in [2.05, 4.69) is 5.16 Å². The van der Waals surface area contributed by atoms with Crippen molar-refractivity contribution in [1.29, 1.82) is 0 Å². The maximum Gasteiger partial charge on any atom is 0.257 e. The van der Waals surface area contributed by atoms with Crippen LogP contribution < -0.4 is 0 Å². The topological polar surface area (TPSA) is 46.3 Å². The highest BCUT2D eigenvalue weighted by molar-refractivity contribution is 5.94. The Bertz CT molecular complexity index is 638. The molecule has 1 aliphatic rings. The molecular weight excluding hydrogens is 259 g/mol. The summed E-state index contributed by atoms with van der Waals surface area (Å²) in [4.78, 5) is 14.2. The van der Waals surface area contributed by atoms with Crippen LogP contribution in [0.25, 0.3) is 0 Å². The van der Waals surface area contributed by atoms with Crippen molar-refractivity contribution in [2.24, 2.45) is 0 Å². The van der Waals surface area contributed by atoms with Crippen LogP contribution in [-0.4, -0.2) is 22.5 Å². The number of aromatic nitrogens is 1. The van der Waals surface area contributed by atoms with Gasteiger partial charge in [-0.3, -0.25) is 4.79 Å². The van der Waals surface area contributed by atoms with Crippen LogP contribution in [-0.2, 0) is 0 Å². The Balaban J connectivity index is 1.89. The van der Waals surface area contributed by atoms with Crippen molar-refractivity contribution in [3.63, 3.8) is 0 Å². The average Bonchev–Trinajstić information content (AvgIpc) is 3.06. The number of amides is 1. The summed E-state index contributed by atoms with van der Waals surface area (Å²) in [6.45, 7) is 2.43. The van der Waals surface area contributed by atoms with E-state index in [1.165, 1.54) is 12.1 Å². The largest absolute Gasteiger partial charge is 0.361 e. The van der Waals surface area contributed by atoms with Gasteiger partial charge >= 0.3 is 0 Å². The van der Waals surface area contributed by atoms with Gasteiger partial charge in [-0.25, -0.2) is 4.39 Å². The molecule has 1 fully saturated rings. The van der Waals surface area contributed by atoms with Gasteiger partial charge in [0.05, 0.1) is 11.6 Å². The molecule has 0 saturated carbocycles. The number of hydrogen-bond donors (Lipinski definition) is 0. The Kier molecular flexibility index (Phi) is 3.26. The molecule has 0 N–H and O–H groups in total. The smallest absolute Gasteiger partial charge is 0.257 e. The number of halogens is 1. The molecule has 0 spiro atoms. The minimum Gasteiger partial charge on any atom is -0.361 e. The zero-order valence-corrected chi connectivity index (χ0v) is 11.2. The SMILES string of the molecule is Cc1cc([C@H]2CCCN2C(=O)c2ccccc2F)no1. The summed E-state index contributed by atoms with van der Waals surface area (Å²) >= 11 is 0. The summed E-state index contributed by atoms with van der Waals surface area (Å²) < 4.78 is 18.8. The number of benzene rings is 1. The molecule has 4 nitrogen and oxygen atoms in total. The van der Waals surface area contributed by atoms with Gasteiger partial charge in [0.25, 0.3) is 5.91 Å². The zero-order chi connectivity index (χ0) is 14.1. The number of likely N-dealkylation sites (tertiary alicyclic amines) is 1. The Morgan fingerprint density at radius 1 is 1.45 bits per heavy atom. The third kappa shape index (κ3) is 2.19. The summed E-state index contributed by atoms with van der Waals surface area (Å²) in [5.41, 5.74) is 0.851. The van der Waals surface area contributed by atoms with Crippen LogP contribution in [0, 0.1) is 12.7 Å². The Morgan fingerprint density at radius 3 is 2.95 bits per heavy atom. The molecule has 1 amide bonds. The molecule has 2 heterocycles. The van der Waals surface area contributed by atoms with E-state index in [0.29, 0.717) is 12.3 Å². The summed E-state index contributed by atoms with van der Waals surface area (Å²) in [6, 6.07) is 7.77. The molecule has 5 heteroatoms. The van der Waals surface area contributed by atoms with Crippen molar-refractivity contribution >= 4 is 5.91 Å². The molecular formula is C15H15FN2O2. The fraction of sp³-hybridized carbons (Fsp3) is 0.333. The lowest BCUT2D eigenvalue weighted by Crippen LogP contribution is -2.31. The minimum absolute atomic E-state index is 0.111. The second kappa shape index (κ2) is 5.07. The minimum atomic E-state index is -0.487. The average molecular weight is 274 g/mol. The second-order valence-corrected chi connectivity index (χ2v) is 5.00. The third-order valence-electron chi connectivity index (χ3n) is 3.61. The number of aryl methyl sites for hydroxylation is 1. The van der Waals surface area contributed by atoms with Crippen LogP contribution in [0.5, 0.6) is 0 Å². The van der Waals surface area contributed by atoms with Gasteiger partial charge in [0.1, 0.15) is 17.3 Å². The number of carbonyl (C=O) groups is 1. The molecule has 1 saturated heterocycles. The van der Waals surface area contributed by atoms with Gasteiger partial charge in [-0.05, 0) is 31.9 Å². The number of nitrogens with zero attached hydrogens (tertiary/aromatic N) is 2. The van der Waals surface area contributed by atoms with Crippen LogP contribution in [0.15, 0.2) is 34.9 Å². The van der Waals surface area contributed by atoms with Crippen molar-refractivity contribution in [3.8, 4) is 0 Å². The van der Waals surface area contributed by atoms with E-state index >= 15 is 0 Å². The summed E-state index contributed by atoms with van der Waals surface area (Å²) in [7, 11) is 0. The van der Waals surface area contributed by atoms with Crippen molar-refractivity contribution < 1.29 is 13.7 Å². The van der Waals surface area contributed by atoms with Gasteiger partial charge in [0.15, 0.2) is 0 Å². The molecule has 0 unspecified atom stereocenters. The van der Waals surface area contributed by atoms with Crippen molar-refractivity contribution in [3.05, 3.63) is 53.2 Å². The molecule has 3 rings (SSSR count). The zero-order valence-electron chi connectivity index (χ0n) is 11.2. The van der Waals surface area contributed by atoms with Crippen molar-refractivity contribution in [1.82, 2.24) is 10.1 Å². The van der Waals surface area contributed by atoms with Crippen LogP contribution >= 0.6 is 0 Å². The van der Waals surface area contributed by atoms with Gasteiger partial charge in [-0.1, -0.05) is 17.3 Å². The van der Waals surface area contributed by atoms with Crippen LogP contribution in [0.2, 0.25) is 0 Å². The monoisotopic (exact) mass is 274 g/mol. The van der Waals surface area contributed by atoms with Crippen molar-refractivity contribution in [2.45, 2.75) is 25.8 Å². The normalized spacial score (nSPS) is 18.5. The summed E-state index contributed by atoms with van der Waals surface area (Å²) in [5, 5.41) is 3.98. The predicted octanol–water partition coefficient (Wildman–Crippen LogP) is 3.10.